The summed E-state index contributed by atoms with van der Waals surface area (Å²) in [4.78, 5) is 8.63. The summed E-state index contributed by atoms with van der Waals surface area (Å²) in [5, 5.41) is 21.3. The molecule has 0 spiro atoms. The van der Waals surface area contributed by atoms with Crippen LogP contribution in [0.3, 0.4) is 0 Å². The Balaban J connectivity index is 0.00000338. The van der Waals surface area contributed by atoms with Gasteiger partial charge in [-0.1, -0.05) is 0 Å². The summed E-state index contributed by atoms with van der Waals surface area (Å²) in [6.07, 6.45) is 8.05. The average molecular weight is 472 g/mol. The lowest BCUT2D eigenvalue weighted by Gasteiger charge is -2.20. The number of hydrogen-bond donors (Lipinski definition) is 3. The quantitative estimate of drug-likeness (QED) is 0.325. The fraction of sp³-hybridized carbons (Fsp3) is 0.500. The van der Waals surface area contributed by atoms with Crippen molar-refractivity contribution in [3.8, 4) is 0 Å². The summed E-state index contributed by atoms with van der Waals surface area (Å²) in [7, 11) is 1.83. The fourth-order valence-corrected chi connectivity index (χ4v) is 2.46. The van der Waals surface area contributed by atoms with E-state index in [1.165, 1.54) is 11.1 Å². The highest BCUT2D eigenvalue weighted by molar-refractivity contribution is 14.0. The topological polar surface area (TPSA) is 87.4 Å². The molecule has 7 nitrogen and oxygen atoms in total. The van der Waals surface area contributed by atoms with Gasteiger partial charge >= 0.3 is 0 Å². The first-order valence-corrected chi connectivity index (χ1v) is 8.55. The molecule has 2 aromatic heterocycles. The minimum Gasteiger partial charge on any atom is -0.383 e. The molecule has 0 bridgehead atoms. The predicted molar refractivity (Wildman–Crippen MR) is 115 cm³/mol. The number of aryl methyl sites for hydroxylation is 2. The van der Waals surface area contributed by atoms with Gasteiger partial charge in [0.2, 0.25) is 0 Å². The van der Waals surface area contributed by atoms with Crippen molar-refractivity contribution >= 4 is 29.9 Å². The van der Waals surface area contributed by atoms with Gasteiger partial charge in [0.05, 0.1) is 12.7 Å². The van der Waals surface area contributed by atoms with Gasteiger partial charge < -0.3 is 15.7 Å². The molecule has 0 saturated heterocycles. The van der Waals surface area contributed by atoms with E-state index in [1.807, 2.05) is 38.6 Å². The first kappa shape index (κ1) is 22.4. The minimum absolute atomic E-state index is 0. The normalized spacial score (nSPS) is 13.7. The zero-order chi connectivity index (χ0) is 18.3. The second kappa shape index (κ2) is 10.5. The number of aliphatic hydroxyl groups is 1. The van der Waals surface area contributed by atoms with Crippen LogP contribution in [0.1, 0.15) is 30.5 Å². The number of guanidine groups is 1. The zero-order valence-electron chi connectivity index (χ0n) is 15.9. The van der Waals surface area contributed by atoms with Crippen molar-refractivity contribution in [2.45, 2.75) is 32.8 Å². The van der Waals surface area contributed by atoms with Crippen molar-refractivity contribution in [2.24, 2.45) is 12.0 Å². The fourth-order valence-electron chi connectivity index (χ4n) is 2.46. The molecule has 0 aliphatic carbocycles. The highest BCUT2D eigenvalue weighted by Gasteiger charge is 2.24. The predicted octanol–water partition coefficient (Wildman–Crippen LogP) is 1.75. The van der Waals surface area contributed by atoms with Gasteiger partial charge in [-0.3, -0.25) is 9.67 Å². The summed E-state index contributed by atoms with van der Waals surface area (Å²) >= 11 is 0. The van der Waals surface area contributed by atoms with Crippen LogP contribution in [0.2, 0.25) is 0 Å². The molecule has 0 saturated carbocycles. The van der Waals surface area contributed by atoms with Crippen molar-refractivity contribution < 1.29 is 5.11 Å². The summed E-state index contributed by atoms with van der Waals surface area (Å²) in [6.45, 7) is 7.59. The number of nitrogens with one attached hydrogen (secondary N) is 2. The number of rotatable bonds is 7. The Kier molecular flexibility index (Phi) is 9.00. The Morgan fingerprint density at radius 2 is 2.12 bits per heavy atom. The number of halogens is 1. The molecule has 0 aliphatic rings. The largest absolute Gasteiger partial charge is 0.383 e. The third-order valence-electron chi connectivity index (χ3n) is 4.04. The third kappa shape index (κ3) is 6.56. The second-order valence-corrected chi connectivity index (χ2v) is 6.35. The Bertz CT molecular complexity index is 713. The zero-order valence-corrected chi connectivity index (χ0v) is 18.2. The summed E-state index contributed by atoms with van der Waals surface area (Å²) in [5.74, 6) is 0.693. The maximum absolute atomic E-state index is 10.6. The van der Waals surface area contributed by atoms with E-state index < -0.39 is 5.60 Å². The van der Waals surface area contributed by atoms with Crippen molar-refractivity contribution in [2.75, 3.05) is 19.6 Å². The Hall–Kier alpha value is -1.68. The lowest BCUT2D eigenvalue weighted by atomic mass is 10.0. The van der Waals surface area contributed by atoms with Crippen LogP contribution < -0.4 is 10.6 Å². The van der Waals surface area contributed by atoms with E-state index in [2.05, 4.69) is 32.6 Å². The van der Waals surface area contributed by atoms with Gasteiger partial charge in [0.25, 0.3) is 0 Å². The molecular weight excluding hydrogens is 443 g/mol. The van der Waals surface area contributed by atoms with E-state index in [0.717, 1.165) is 25.1 Å². The third-order valence-corrected chi connectivity index (χ3v) is 4.04. The molecule has 0 aromatic carbocycles. The molecule has 144 valence electrons. The first-order chi connectivity index (χ1) is 11.9. The number of pyridine rings is 1. The Morgan fingerprint density at radius 3 is 2.73 bits per heavy atom. The number of nitrogens with zero attached hydrogens (tertiary/aromatic N) is 4. The van der Waals surface area contributed by atoms with E-state index in [0.29, 0.717) is 5.96 Å². The maximum Gasteiger partial charge on any atom is 0.191 e. The highest BCUT2D eigenvalue weighted by Crippen LogP contribution is 2.19. The van der Waals surface area contributed by atoms with Crippen LogP contribution in [0.4, 0.5) is 0 Å². The first-order valence-electron chi connectivity index (χ1n) is 8.55. The average Bonchev–Trinajstić information content (AvgIpc) is 3.02. The van der Waals surface area contributed by atoms with Gasteiger partial charge in [0.1, 0.15) is 5.60 Å². The molecule has 0 fully saturated rings. The molecule has 2 aromatic rings. The van der Waals surface area contributed by atoms with Crippen LogP contribution in [0.5, 0.6) is 0 Å². The van der Waals surface area contributed by atoms with Crippen molar-refractivity contribution in [3.05, 3.63) is 47.5 Å². The number of aromatic nitrogens is 3. The lowest BCUT2D eigenvalue weighted by Crippen LogP contribution is -2.39. The van der Waals surface area contributed by atoms with Gasteiger partial charge in [-0.05, 0) is 44.4 Å². The van der Waals surface area contributed by atoms with E-state index in [4.69, 9.17) is 0 Å². The molecule has 2 heterocycles. The van der Waals surface area contributed by atoms with Crippen molar-refractivity contribution in [3.63, 3.8) is 0 Å². The molecule has 8 heteroatoms. The number of hydrogen-bond acceptors (Lipinski definition) is 4. The summed E-state index contributed by atoms with van der Waals surface area (Å²) in [5.41, 5.74) is 2.15. The van der Waals surface area contributed by atoms with E-state index in [1.54, 1.807) is 17.8 Å². The van der Waals surface area contributed by atoms with Crippen LogP contribution >= 0.6 is 24.0 Å². The van der Waals surface area contributed by atoms with Gasteiger partial charge in [-0.15, -0.1) is 24.0 Å². The van der Waals surface area contributed by atoms with Gasteiger partial charge in [-0.25, -0.2) is 4.99 Å². The highest BCUT2D eigenvalue weighted by atomic mass is 127. The standard InChI is InChI=1S/C18H28N6O.HI/c1-5-20-17(21-9-7-15-6-8-19-10-14(15)2)22-13-18(3,25)16-11-23-24(4)12-16;/h6,8,10-12,25H,5,7,9,13H2,1-4H3,(H2,20,21,22);1H. The molecule has 1 unspecified atom stereocenters. The summed E-state index contributed by atoms with van der Waals surface area (Å²) in [6, 6.07) is 2.04. The monoisotopic (exact) mass is 472 g/mol. The lowest BCUT2D eigenvalue weighted by molar-refractivity contribution is 0.0672. The molecule has 0 amide bonds. The van der Waals surface area contributed by atoms with Gasteiger partial charge in [0, 0.05) is 44.3 Å². The Labute approximate surface area is 172 Å². The van der Waals surface area contributed by atoms with Crippen LogP contribution in [0.25, 0.3) is 0 Å². The van der Waals surface area contributed by atoms with Crippen LogP contribution in [-0.2, 0) is 19.1 Å². The molecule has 0 aliphatic heterocycles. The molecule has 3 N–H and O–H groups in total. The van der Waals surface area contributed by atoms with Crippen LogP contribution in [-0.4, -0.2) is 45.5 Å². The Morgan fingerprint density at radius 1 is 1.35 bits per heavy atom. The number of aliphatic imine (C=N–C) groups is 1. The summed E-state index contributed by atoms with van der Waals surface area (Å²) < 4.78 is 1.67. The maximum atomic E-state index is 10.6. The van der Waals surface area contributed by atoms with E-state index in [-0.39, 0.29) is 30.5 Å². The second-order valence-electron chi connectivity index (χ2n) is 6.35. The van der Waals surface area contributed by atoms with E-state index in [9.17, 15) is 5.11 Å². The molecule has 0 radical (unpaired) electrons. The smallest absolute Gasteiger partial charge is 0.191 e. The van der Waals surface area contributed by atoms with Crippen LogP contribution in [0, 0.1) is 6.92 Å². The molecule has 26 heavy (non-hydrogen) atoms. The van der Waals surface area contributed by atoms with Gasteiger partial charge in [-0.2, -0.15) is 5.10 Å². The molecule has 2 rings (SSSR count). The van der Waals surface area contributed by atoms with E-state index >= 15 is 0 Å². The van der Waals surface area contributed by atoms with Crippen molar-refractivity contribution in [1.82, 2.24) is 25.4 Å². The van der Waals surface area contributed by atoms with Crippen LogP contribution in [0.15, 0.2) is 35.8 Å². The van der Waals surface area contributed by atoms with Crippen molar-refractivity contribution in [1.29, 1.82) is 0 Å². The SMILES string of the molecule is CCNC(=NCC(C)(O)c1cnn(C)c1)NCCc1ccncc1C.I. The molecular formula is C18H29IN6O. The molecule has 1 atom stereocenters. The minimum atomic E-state index is -1.06. The van der Waals surface area contributed by atoms with Gasteiger partial charge in [0.15, 0.2) is 5.96 Å².